The lowest BCUT2D eigenvalue weighted by atomic mass is 9.70. The quantitative estimate of drug-likeness (QED) is 0.801. The molecule has 0 bridgehead atoms. The van der Waals surface area contributed by atoms with E-state index in [1.165, 1.54) is 4.90 Å². The molecule has 3 rings (SSSR count). The topological polar surface area (TPSA) is 104 Å². The van der Waals surface area contributed by atoms with Crippen LogP contribution in [0.1, 0.15) is 33.5 Å². The van der Waals surface area contributed by atoms with E-state index in [1.807, 2.05) is 0 Å². The van der Waals surface area contributed by atoms with Gasteiger partial charge in [-0.15, -0.1) is 0 Å². The highest BCUT2D eigenvalue weighted by atomic mass is 16.2. The molecule has 2 aliphatic rings. The van der Waals surface area contributed by atoms with E-state index in [4.69, 9.17) is 0 Å². The average molecular weight is 345 g/mol. The van der Waals surface area contributed by atoms with Crippen LogP contribution >= 0.6 is 0 Å². The number of carbonyl (C=O) groups is 3. The summed E-state index contributed by atoms with van der Waals surface area (Å²) in [5.74, 6) is 0.536. The number of nitrogens with zero attached hydrogens (tertiary/aromatic N) is 3. The third-order valence-electron chi connectivity index (χ3n) is 5.30. The van der Waals surface area contributed by atoms with Gasteiger partial charge in [-0.25, -0.2) is 14.8 Å². The Kier molecular flexibility index (Phi) is 4.01. The number of likely N-dealkylation sites (tertiary alicyclic amines) is 1. The van der Waals surface area contributed by atoms with Crippen molar-refractivity contribution in [1.29, 1.82) is 0 Å². The molecule has 0 aliphatic carbocycles. The van der Waals surface area contributed by atoms with Gasteiger partial charge in [-0.2, -0.15) is 0 Å². The molecule has 1 aromatic heterocycles. The number of hydrogen-bond acceptors (Lipinski definition) is 5. The second kappa shape index (κ2) is 5.79. The van der Waals surface area contributed by atoms with Crippen molar-refractivity contribution in [2.45, 2.75) is 34.1 Å². The SMILES string of the molecule is CC(C)Cc1ncc(NC(=O)N2CC3(C)C(=O)NC(=O)C3(C)C2)cn1. The van der Waals surface area contributed by atoms with Crippen LogP contribution in [0.3, 0.4) is 0 Å². The molecule has 1 aromatic rings. The van der Waals surface area contributed by atoms with Gasteiger partial charge >= 0.3 is 6.03 Å². The van der Waals surface area contributed by atoms with Gasteiger partial charge in [0, 0.05) is 19.5 Å². The van der Waals surface area contributed by atoms with Crippen molar-refractivity contribution < 1.29 is 14.4 Å². The lowest BCUT2D eigenvalue weighted by Crippen LogP contribution is -2.40. The second-order valence-corrected chi connectivity index (χ2v) is 7.72. The summed E-state index contributed by atoms with van der Waals surface area (Å²) in [7, 11) is 0. The van der Waals surface area contributed by atoms with E-state index in [1.54, 1.807) is 26.2 Å². The zero-order valence-electron chi connectivity index (χ0n) is 14.9. The van der Waals surface area contributed by atoms with E-state index in [0.717, 1.165) is 12.2 Å². The number of imide groups is 1. The summed E-state index contributed by atoms with van der Waals surface area (Å²) in [6.07, 6.45) is 3.91. The fraction of sp³-hybridized carbons (Fsp3) is 0.588. The van der Waals surface area contributed by atoms with Gasteiger partial charge in [0.2, 0.25) is 11.8 Å². The van der Waals surface area contributed by atoms with E-state index < -0.39 is 10.8 Å². The van der Waals surface area contributed by atoms with E-state index >= 15 is 0 Å². The van der Waals surface area contributed by atoms with Crippen LogP contribution in [0, 0.1) is 16.7 Å². The van der Waals surface area contributed by atoms with Crippen LogP contribution in [-0.4, -0.2) is 45.8 Å². The number of anilines is 1. The van der Waals surface area contributed by atoms with Crippen LogP contribution in [0.5, 0.6) is 0 Å². The van der Waals surface area contributed by atoms with Crippen LogP contribution in [-0.2, 0) is 16.0 Å². The van der Waals surface area contributed by atoms with Gasteiger partial charge in [-0.3, -0.25) is 14.9 Å². The van der Waals surface area contributed by atoms with Crippen molar-refractivity contribution in [3.8, 4) is 0 Å². The van der Waals surface area contributed by atoms with Crippen LogP contribution in [0.25, 0.3) is 0 Å². The molecule has 0 radical (unpaired) electrons. The molecule has 25 heavy (non-hydrogen) atoms. The Morgan fingerprint density at radius 2 is 1.72 bits per heavy atom. The first-order valence-corrected chi connectivity index (χ1v) is 8.38. The van der Waals surface area contributed by atoms with Crippen molar-refractivity contribution >= 4 is 23.5 Å². The number of urea groups is 1. The first-order chi connectivity index (χ1) is 11.7. The maximum Gasteiger partial charge on any atom is 0.321 e. The number of fused-ring (bicyclic) bond motifs is 1. The van der Waals surface area contributed by atoms with Crippen LogP contribution in [0.4, 0.5) is 10.5 Å². The molecule has 2 aliphatic heterocycles. The third-order valence-corrected chi connectivity index (χ3v) is 5.30. The highest BCUT2D eigenvalue weighted by molar-refractivity contribution is 6.10. The number of nitrogens with one attached hydrogen (secondary N) is 2. The minimum Gasteiger partial charge on any atom is -0.322 e. The predicted molar refractivity (Wildman–Crippen MR) is 90.5 cm³/mol. The lowest BCUT2D eigenvalue weighted by Gasteiger charge is -2.25. The molecule has 134 valence electrons. The molecule has 8 nitrogen and oxygen atoms in total. The number of hydrogen-bond donors (Lipinski definition) is 2. The van der Waals surface area contributed by atoms with E-state index in [0.29, 0.717) is 11.6 Å². The Hall–Kier alpha value is -2.51. The Morgan fingerprint density at radius 3 is 2.20 bits per heavy atom. The molecule has 8 heteroatoms. The summed E-state index contributed by atoms with van der Waals surface area (Å²) >= 11 is 0. The zero-order chi connectivity index (χ0) is 18.4. The highest BCUT2D eigenvalue weighted by Crippen LogP contribution is 2.49. The van der Waals surface area contributed by atoms with E-state index in [2.05, 4.69) is 34.4 Å². The van der Waals surface area contributed by atoms with Crippen LogP contribution in [0.15, 0.2) is 12.4 Å². The van der Waals surface area contributed by atoms with E-state index in [-0.39, 0.29) is 30.9 Å². The van der Waals surface area contributed by atoms with Crippen molar-refractivity contribution in [1.82, 2.24) is 20.2 Å². The molecule has 0 spiro atoms. The van der Waals surface area contributed by atoms with Crippen molar-refractivity contribution in [2.75, 3.05) is 18.4 Å². The molecule has 4 amide bonds. The molecule has 3 heterocycles. The molecule has 0 saturated carbocycles. The Morgan fingerprint density at radius 1 is 1.20 bits per heavy atom. The van der Waals surface area contributed by atoms with Gasteiger partial charge in [0.15, 0.2) is 0 Å². The normalized spacial score (nSPS) is 28.3. The summed E-state index contributed by atoms with van der Waals surface area (Å²) in [6.45, 7) is 8.01. The fourth-order valence-electron chi connectivity index (χ4n) is 3.43. The summed E-state index contributed by atoms with van der Waals surface area (Å²) in [4.78, 5) is 46.8. The van der Waals surface area contributed by atoms with Crippen molar-refractivity contribution in [3.63, 3.8) is 0 Å². The van der Waals surface area contributed by atoms with Crippen molar-refractivity contribution in [3.05, 3.63) is 18.2 Å². The second-order valence-electron chi connectivity index (χ2n) is 7.72. The van der Waals surface area contributed by atoms with Crippen LogP contribution in [0.2, 0.25) is 0 Å². The third kappa shape index (κ3) is 2.75. The Labute approximate surface area is 146 Å². The number of rotatable bonds is 3. The Balaban J connectivity index is 1.69. The predicted octanol–water partition coefficient (Wildman–Crippen LogP) is 1.19. The van der Waals surface area contributed by atoms with Crippen molar-refractivity contribution in [2.24, 2.45) is 16.7 Å². The molecule has 2 atom stereocenters. The van der Waals surface area contributed by atoms with Gasteiger partial charge in [0.25, 0.3) is 0 Å². The first-order valence-electron chi connectivity index (χ1n) is 8.38. The molecular weight excluding hydrogens is 322 g/mol. The summed E-state index contributed by atoms with van der Waals surface area (Å²) < 4.78 is 0. The molecule has 2 saturated heterocycles. The minimum atomic E-state index is -0.904. The van der Waals surface area contributed by atoms with Gasteiger partial charge in [-0.1, -0.05) is 13.8 Å². The fourth-order valence-corrected chi connectivity index (χ4v) is 3.43. The van der Waals surface area contributed by atoms with Gasteiger partial charge in [-0.05, 0) is 19.8 Å². The minimum absolute atomic E-state index is 0.194. The molecule has 0 aromatic carbocycles. The maximum atomic E-state index is 12.5. The standard InChI is InChI=1S/C17H23N5O3/c1-10(2)5-12-18-6-11(7-19-12)20-15(25)22-8-16(3)13(23)21-14(24)17(16,4)9-22/h6-7,10H,5,8-9H2,1-4H3,(H,20,25)(H,21,23,24). The number of carbonyl (C=O) groups excluding carboxylic acids is 3. The summed E-state index contributed by atoms with van der Waals surface area (Å²) in [6, 6.07) is -0.363. The Bertz CT molecular complexity index is 704. The maximum absolute atomic E-state index is 12.5. The zero-order valence-corrected chi connectivity index (χ0v) is 14.9. The molecule has 2 N–H and O–H groups in total. The first kappa shape index (κ1) is 17.3. The summed E-state index contributed by atoms with van der Waals surface area (Å²) in [5, 5.41) is 5.11. The average Bonchev–Trinajstić information content (AvgIpc) is 2.90. The van der Waals surface area contributed by atoms with Gasteiger partial charge < -0.3 is 10.2 Å². The number of aromatic nitrogens is 2. The number of amides is 4. The molecular formula is C17H23N5O3. The largest absolute Gasteiger partial charge is 0.322 e. The van der Waals surface area contributed by atoms with Gasteiger partial charge in [0.1, 0.15) is 5.82 Å². The molecule has 2 fully saturated rings. The van der Waals surface area contributed by atoms with Gasteiger partial charge in [0.05, 0.1) is 28.9 Å². The smallest absolute Gasteiger partial charge is 0.321 e. The lowest BCUT2D eigenvalue weighted by molar-refractivity contribution is -0.128. The molecule has 2 unspecified atom stereocenters. The summed E-state index contributed by atoms with van der Waals surface area (Å²) in [5.41, 5.74) is -1.32. The van der Waals surface area contributed by atoms with E-state index in [9.17, 15) is 14.4 Å². The monoisotopic (exact) mass is 345 g/mol. The highest BCUT2D eigenvalue weighted by Gasteiger charge is 2.66. The van der Waals surface area contributed by atoms with Crippen LogP contribution < -0.4 is 10.6 Å².